The van der Waals surface area contributed by atoms with Gasteiger partial charge in [-0.25, -0.2) is 0 Å². The van der Waals surface area contributed by atoms with E-state index in [1.165, 1.54) is 11.3 Å². The molecule has 0 atom stereocenters. The maximum Gasteiger partial charge on any atom is 0.303 e. The highest BCUT2D eigenvalue weighted by Crippen LogP contribution is 2.45. The Morgan fingerprint density at radius 3 is 2.44 bits per heavy atom. The van der Waals surface area contributed by atoms with Gasteiger partial charge in [-0.15, -0.1) is 11.3 Å². The number of rotatable bonds is 5. The van der Waals surface area contributed by atoms with Gasteiger partial charge in [0.05, 0.1) is 11.3 Å². The third-order valence-corrected chi connectivity index (χ3v) is 4.78. The topological polar surface area (TPSA) is 54.4 Å². The number of aryl methyl sites for hydroxylation is 1. The van der Waals surface area contributed by atoms with Crippen LogP contribution in [-0.2, 0) is 4.79 Å². The summed E-state index contributed by atoms with van der Waals surface area (Å²) in [5.41, 5.74) is -0.291. The van der Waals surface area contributed by atoms with Crippen LogP contribution in [0.3, 0.4) is 0 Å². The van der Waals surface area contributed by atoms with Gasteiger partial charge in [0.1, 0.15) is 0 Å². The number of hydrogen-bond donors (Lipinski definition) is 1. The number of carboxylic acids is 1. The van der Waals surface area contributed by atoms with Crippen LogP contribution in [0.4, 0.5) is 0 Å². The van der Waals surface area contributed by atoms with Gasteiger partial charge < -0.3 is 5.11 Å². The molecule has 0 aliphatic heterocycles. The SMILES string of the molecule is Cc1ccc(C(=O)CC2(CC(=O)O)CCCC2)s1. The third-order valence-electron chi connectivity index (χ3n) is 3.74. The molecule has 3 nitrogen and oxygen atoms in total. The average Bonchev–Trinajstić information content (AvgIpc) is 2.87. The van der Waals surface area contributed by atoms with E-state index in [9.17, 15) is 9.59 Å². The Hall–Kier alpha value is -1.16. The monoisotopic (exact) mass is 266 g/mol. The number of carbonyl (C=O) groups excluding carboxylic acids is 1. The molecule has 0 amide bonds. The zero-order chi connectivity index (χ0) is 13.2. The van der Waals surface area contributed by atoms with Crippen LogP contribution in [0, 0.1) is 12.3 Å². The van der Waals surface area contributed by atoms with Crippen LogP contribution in [0.15, 0.2) is 12.1 Å². The summed E-state index contributed by atoms with van der Waals surface area (Å²) >= 11 is 1.50. The molecule has 1 aliphatic carbocycles. The van der Waals surface area contributed by atoms with E-state index in [4.69, 9.17) is 5.11 Å². The fraction of sp³-hybridized carbons (Fsp3) is 0.571. The summed E-state index contributed by atoms with van der Waals surface area (Å²) in [5.74, 6) is -0.677. The number of carboxylic acid groups (broad SMARTS) is 1. The second-order valence-corrected chi connectivity index (χ2v) is 6.58. The molecule has 1 N–H and O–H groups in total. The lowest BCUT2D eigenvalue weighted by atomic mass is 9.78. The van der Waals surface area contributed by atoms with Crippen molar-refractivity contribution in [2.75, 3.05) is 0 Å². The van der Waals surface area contributed by atoms with Crippen molar-refractivity contribution in [1.82, 2.24) is 0 Å². The van der Waals surface area contributed by atoms with E-state index in [0.717, 1.165) is 35.4 Å². The Kier molecular flexibility index (Phi) is 3.85. The van der Waals surface area contributed by atoms with Crippen LogP contribution >= 0.6 is 11.3 Å². The summed E-state index contributed by atoms with van der Waals surface area (Å²) in [5, 5.41) is 9.02. The Morgan fingerprint density at radius 2 is 1.94 bits per heavy atom. The lowest BCUT2D eigenvalue weighted by molar-refractivity contribution is -0.139. The van der Waals surface area contributed by atoms with Crippen LogP contribution in [-0.4, -0.2) is 16.9 Å². The summed E-state index contributed by atoms with van der Waals surface area (Å²) < 4.78 is 0. The number of carbonyl (C=O) groups is 2. The van der Waals surface area contributed by atoms with Crippen molar-refractivity contribution in [3.8, 4) is 0 Å². The van der Waals surface area contributed by atoms with Crippen LogP contribution < -0.4 is 0 Å². The number of Topliss-reactive ketones (excluding diaryl/α,β-unsaturated/α-hetero) is 1. The van der Waals surface area contributed by atoms with Crippen molar-refractivity contribution >= 4 is 23.1 Å². The van der Waals surface area contributed by atoms with E-state index >= 15 is 0 Å². The second kappa shape index (κ2) is 5.22. The minimum atomic E-state index is -0.785. The van der Waals surface area contributed by atoms with E-state index in [2.05, 4.69) is 0 Å². The molecule has 0 saturated heterocycles. The molecule has 1 heterocycles. The summed E-state index contributed by atoms with van der Waals surface area (Å²) in [7, 11) is 0. The average molecular weight is 266 g/mol. The van der Waals surface area contributed by atoms with Crippen molar-refractivity contribution < 1.29 is 14.7 Å². The van der Waals surface area contributed by atoms with Gasteiger partial charge in [-0.3, -0.25) is 9.59 Å². The molecule has 98 valence electrons. The molecular formula is C14H18O3S. The molecule has 1 aromatic heterocycles. The predicted octanol–water partition coefficient (Wildman–Crippen LogP) is 3.66. The minimum absolute atomic E-state index is 0.108. The fourth-order valence-electron chi connectivity index (χ4n) is 2.87. The van der Waals surface area contributed by atoms with E-state index < -0.39 is 5.97 Å². The molecule has 1 aliphatic rings. The molecule has 1 saturated carbocycles. The van der Waals surface area contributed by atoms with Gasteiger partial charge in [0, 0.05) is 11.3 Å². The normalized spacial score (nSPS) is 17.8. The molecule has 0 spiro atoms. The first kappa shape index (κ1) is 13.3. The smallest absolute Gasteiger partial charge is 0.303 e. The van der Waals surface area contributed by atoms with Crippen molar-refractivity contribution in [3.05, 3.63) is 21.9 Å². The maximum atomic E-state index is 12.2. The maximum absolute atomic E-state index is 12.2. The Bertz CT molecular complexity index is 455. The number of aliphatic carboxylic acids is 1. The van der Waals surface area contributed by atoms with E-state index in [-0.39, 0.29) is 17.6 Å². The Balaban J connectivity index is 2.09. The van der Waals surface area contributed by atoms with E-state index in [1.807, 2.05) is 19.1 Å². The first-order valence-electron chi connectivity index (χ1n) is 6.32. The van der Waals surface area contributed by atoms with Crippen LogP contribution in [0.1, 0.15) is 53.1 Å². The van der Waals surface area contributed by atoms with E-state index in [1.54, 1.807) is 0 Å². The fourth-order valence-corrected chi connectivity index (χ4v) is 3.68. The molecule has 0 radical (unpaired) electrons. The van der Waals surface area contributed by atoms with Gasteiger partial charge in [0.2, 0.25) is 0 Å². The molecule has 0 bridgehead atoms. The number of ketones is 1. The highest BCUT2D eigenvalue weighted by molar-refractivity contribution is 7.14. The highest BCUT2D eigenvalue weighted by atomic mass is 32.1. The second-order valence-electron chi connectivity index (χ2n) is 5.29. The van der Waals surface area contributed by atoms with Gasteiger partial charge in [0.25, 0.3) is 0 Å². The quantitative estimate of drug-likeness (QED) is 0.827. The predicted molar refractivity (Wildman–Crippen MR) is 71.2 cm³/mol. The molecule has 0 aromatic carbocycles. The summed E-state index contributed by atoms with van der Waals surface area (Å²) in [6.07, 6.45) is 4.35. The van der Waals surface area contributed by atoms with Crippen LogP contribution in [0.5, 0.6) is 0 Å². The van der Waals surface area contributed by atoms with Crippen molar-refractivity contribution in [2.45, 2.75) is 45.4 Å². The Labute approximate surface area is 111 Å². The molecule has 2 rings (SSSR count). The van der Waals surface area contributed by atoms with Gasteiger partial charge in [0.15, 0.2) is 5.78 Å². The van der Waals surface area contributed by atoms with E-state index in [0.29, 0.717) is 6.42 Å². The van der Waals surface area contributed by atoms with Gasteiger partial charge in [-0.2, -0.15) is 0 Å². The molecule has 4 heteroatoms. The standard InChI is InChI=1S/C14H18O3S/c1-10-4-5-12(18-10)11(15)8-14(9-13(16)17)6-2-3-7-14/h4-5H,2-3,6-9H2,1H3,(H,16,17). The van der Waals surface area contributed by atoms with Crippen molar-refractivity contribution in [2.24, 2.45) is 5.41 Å². The number of hydrogen-bond acceptors (Lipinski definition) is 3. The highest BCUT2D eigenvalue weighted by Gasteiger charge is 2.38. The zero-order valence-corrected chi connectivity index (χ0v) is 11.4. The zero-order valence-electron chi connectivity index (χ0n) is 10.6. The summed E-state index contributed by atoms with van der Waals surface area (Å²) in [6, 6.07) is 3.79. The molecular weight excluding hydrogens is 248 g/mol. The lowest BCUT2D eigenvalue weighted by Crippen LogP contribution is -2.24. The van der Waals surface area contributed by atoms with Crippen molar-refractivity contribution in [3.63, 3.8) is 0 Å². The Morgan fingerprint density at radius 1 is 1.28 bits per heavy atom. The van der Waals surface area contributed by atoms with Gasteiger partial charge in [-0.05, 0) is 37.3 Å². The first-order valence-corrected chi connectivity index (χ1v) is 7.14. The van der Waals surface area contributed by atoms with Gasteiger partial charge in [-0.1, -0.05) is 12.8 Å². The summed E-state index contributed by atoms with van der Waals surface area (Å²) in [4.78, 5) is 25.1. The van der Waals surface area contributed by atoms with Crippen LogP contribution in [0.2, 0.25) is 0 Å². The molecule has 0 unspecified atom stereocenters. The number of thiophene rings is 1. The molecule has 1 fully saturated rings. The summed E-state index contributed by atoms with van der Waals surface area (Å²) in [6.45, 7) is 1.98. The lowest BCUT2D eigenvalue weighted by Gasteiger charge is -2.25. The van der Waals surface area contributed by atoms with Crippen LogP contribution in [0.25, 0.3) is 0 Å². The molecule has 1 aromatic rings. The molecule has 18 heavy (non-hydrogen) atoms. The van der Waals surface area contributed by atoms with Gasteiger partial charge >= 0.3 is 5.97 Å². The first-order chi connectivity index (χ1) is 8.51. The van der Waals surface area contributed by atoms with Crippen molar-refractivity contribution in [1.29, 1.82) is 0 Å². The largest absolute Gasteiger partial charge is 0.481 e. The minimum Gasteiger partial charge on any atom is -0.481 e. The third kappa shape index (κ3) is 2.99.